The maximum Gasteiger partial charge on any atom is 0.0639 e. The lowest BCUT2D eigenvalue weighted by Crippen LogP contribution is -2.32. The Hall–Kier alpha value is -0.0800. The van der Waals surface area contributed by atoms with Gasteiger partial charge in [-0.25, -0.2) is 0 Å². The average Bonchev–Trinajstić information content (AvgIpc) is 2.63. The highest BCUT2D eigenvalue weighted by Crippen LogP contribution is 2.26. The van der Waals surface area contributed by atoms with Gasteiger partial charge in [0.15, 0.2) is 0 Å². The molecule has 60 valence electrons. The summed E-state index contributed by atoms with van der Waals surface area (Å²) in [5.74, 6) is 0. The van der Waals surface area contributed by atoms with Crippen LogP contribution in [0.25, 0.3) is 0 Å². The van der Waals surface area contributed by atoms with E-state index < -0.39 is 0 Å². The molecule has 1 N–H and O–H groups in total. The maximum absolute atomic E-state index is 9.09. The zero-order valence-corrected chi connectivity index (χ0v) is 6.88. The van der Waals surface area contributed by atoms with E-state index in [1.807, 2.05) is 6.92 Å². The van der Waals surface area contributed by atoms with Crippen LogP contribution < -0.4 is 0 Å². The third-order valence-corrected chi connectivity index (χ3v) is 1.97. The Labute approximate surface area is 62.8 Å². The summed E-state index contributed by atoms with van der Waals surface area (Å²) in [6.45, 7) is 5.93. The molecule has 2 heteroatoms. The summed E-state index contributed by atoms with van der Waals surface area (Å²) >= 11 is 0. The number of aliphatic hydroxyl groups excluding tert-OH is 1. The predicted molar refractivity (Wildman–Crippen MR) is 41.9 cm³/mol. The van der Waals surface area contributed by atoms with Gasteiger partial charge in [0, 0.05) is 12.6 Å². The molecule has 0 aromatic heterocycles. The van der Waals surface area contributed by atoms with Crippen molar-refractivity contribution in [2.24, 2.45) is 0 Å². The SMILES string of the molecule is CCN(C[C@H](C)O)C1CC1. The van der Waals surface area contributed by atoms with Crippen LogP contribution in [0.3, 0.4) is 0 Å². The minimum Gasteiger partial charge on any atom is -0.392 e. The van der Waals surface area contributed by atoms with E-state index in [0.717, 1.165) is 19.1 Å². The summed E-state index contributed by atoms with van der Waals surface area (Å²) in [6.07, 6.45) is 2.50. The molecule has 0 heterocycles. The summed E-state index contributed by atoms with van der Waals surface area (Å²) in [6, 6.07) is 0.791. The fraction of sp³-hybridized carbons (Fsp3) is 1.00. The normalized spacial score (nSPS) is 21.6. The first-order chi connectivity index (χ1) is 4.74. The van der Waals surface area contributed by atoms with Crippen molar-refractivity contribution in [2.45, 2.75) is 38.8 Å². The van der Waals surface area contributed by atoms with Gasteiger partial charge in [0.05, 0.1) is 6.10 Å². The number of nitrogens with zero attached hydrogens (tertiary/aromatic N) is 1. The fourth-order valence-corrected chi connectivity index (χ4v) is 1.32. The zero-order chi connectivity index (χ0) is 7.56. The number of hydrogen-bond donors (Lipinski definition) is 1. The second-order valence-corrected chi connectivity index (χ2v) is 3.17. The predicted octanol–water partition coefficient (Wildman–Crippen LogP) is 0.851. The van der Waals surface area contributed by atoms with Crippen LogP contribution in [0.1, 0.15) is 26.7 Å². The summed E-state index contributed by atoms with van der Waals surface area (Å²) in [4.78, 5) is 2.35. The van der Waals surface area contributed by atoms with Gasteiger partial charge < -0.3 is 5.11 Å². The minimum atomic E-state index is -0.166. The molecular weight excluding hydrogens is 126 g/mol. The molecule has 1 atom stereocenters. The summed E-state index contributed by atoms with van der Waals surface area (Å²) < 4.78 is 0. The van der Waals surface area contributed by atoms with Gasteiger partial charge in [0.1, 0.15) is 0 Å². The van der Waals surface area contributed by atoms with E-state index >= 15 is 0 Å². The van der Waals surface area contributed by atoms with E-state index in [2.05, 4.69) is 11.8 Å². The molecule has 0 radical (unpaired) electrons. The molecule has 1 saturated carbocycles. The monoisotopic (exact) mass is 143 g/mol. The first-order valence-corrected chi connectivity index (χ1v) is 4.16. The Morgan fingerprint density at radius 1 is 1.60 bits per heavy atom. The van der Waals surface area contributed by atoms with Crippen LogP contribution >= 0.6 is 0 Å². The van der Waals surface area contributed by atoms with Gasteiger partial charge in [-0.05, 0) is 26.3 Å². The summed E-state index contributed by atoms with van der Waals surface area (Å²) in [7, 11) is 0. The quantitative estimate of drug-likeness (QED) is 0.630. The molecular formula is C8H17NO. The third-order valence-electron chi connectivity index (χ3n) is 1.97. The van der Waals surface area contributed by atoms with E-state index in [4.69, 9.17) is 5.11 Å². The van der Waals surface area contributed by atoms with Gasteiger partial charge in [-0.15, -0.1) is 0 Å². The lowest BCUT2D eigenvalue weighted by atomic mass is 10.3. The molecule has 0 aliphatic heterocycles. The van der Waals surface area contributed by atoms with Gasteiger partial charge in [0.2, 0.25) is 0 Å². The van der Waals surface area contributed by atoms with Crippen LogP contribution in [0.2, 0.25) is 0 Å². The minimum absolute atomic E-state index is 0.166. The highest BCUT2D eigenvalue weighted by Gasteiger charge is 2.27. The molecule has 1 aliphatic carbocycles. The van der Waals surface area contributed by atoms with Crippen molar-refractivity contribution >= 4 is 0 Å². The van der Waals surface area contributed by atoms with Gasteiger partial charge in [-0.1, -0.05) is 6.92 Å². The molecule has 0 amide bonds. The molecule has 10 heavy (non-hydrogen) atoms. The summed E-state index contributed by atoms with van der Waals surface area (Å²) in [5.41, 5.74) is 0. The molecule has 0 aromatic carbocycles. The Morgan fingerprint density at radius 2 is 2.20 bits per heavy atom. The molecule has 1 aliphatic rings. The van der Waals surface area contributed by atoms with Crippen molar-refractivity contribution in [3.8, 4) is 0 Å². The third kappa shape index (κ3) is 2.27. The number of likely N-dealkylation sites (N-methyl/N-ethyl adjacent to an activating group) is 1. The van der Waals surface area contributed by atoms with Crippen molar-refractivity contribution < 1.29 is 5.11 Å². The highest BCUT2D eigenvalue weighted by molar-refractivity contribution is 4.84. The first kappa shape index (κ1) is 8.02. The molecule has 0 unspecified atom stereocenters. The molecule has 0 bridgehead atoms. The Kier molecular flexibility index (Phi) is 2.69. The van der Waals surface area contributed by atoms with E-state index in [9.17, 15) is 0 Å². The largest absolute Gasteiger partial charge is 0.392 e. The molecule has 1 fully saturated rings. The van der Waals surface area contributed by atoms with Gasteiger partial charge in [-0.3, -0.25) is 4.90 Å². The lowest BCUT2D eigenvalue weighted by Gasteiger charge is -2.20. The average molecular weight is 143 g/mol. The first-order valence-electron chi connectivity index (χ1n) is 4.16. The van der Waals surface area contributed by atoms with Crippen molar-refractivity contribution in [1.82, 2.24) is 4.90 Å². The van der Waals surface area contributed by atoms with Gasteiger partial charge >= 0.3 is 0 Å². The van der Waals surface area contributed by atoms with Crippen LogP contribution in [0.15, 0.2) is 0 Å². The second-order valence-electron chi connectivity index (χ2n) is 3.17. The van der Waals surface area contributed by atoms with E-state index in [-0.39, 0.29) is 6.10 Å². The van der Waals surface area contributed by atoms with Crippen LogP contribution in [0.4, 0.5) is 0 Å². The Morgan fingerprint density at radius 3 is 2.50 bits per heavy atom. The number of hydrogen-bond acceptors (Lipinski definition) is 2. The second kappa shape index (κ2) is 3.35. The zero-order valence-electron chi connectivity index (χ0n) is 6.88. The molecule has 2 nitrogen and oxygen atoms in total. The lowest BCUT2D eigenvalue weighted by molar-refractivity contribution is 0.125. The molecule has 0 saturated heterocycles. The topological polar surface area (TPSA) is 23.5 Å². The fourth-order valence-electron chi connectivity index (χ4n) is 1.32. The van der Waals surface area contributed by atoms with Crippen LogP contribution in [0.5, 0.6) is 0 Å². The van der Waals surface area contributed by atoms with E-state index in [1.165, 1.54) is 12.8 Å². The maximum atomic E-state index is 9.09. The highest BCUT2D eigenvalue weighted by atomic mass is 16.3. The van der Waals surface area contributed by atoms with Gasteiger partial charge in [0.25, 0.3) is 0 Å². The van der Waals surface area contributed by atoms with Crippen molar-refractivity contribution in [3.63, 3.8) is 0 Å². The Balaban J connectivity index is 2.19. The van der Waals surface area contributed by atoms with Crippen molar-refractivity contribution in [1.29, 1.82) is 0 Å². The van der Waals surface area contributed by atoms with Crippen LogP contribution in [-0.2, 0) is 0 Å². The van der Waals surface area contributed by atoms with Gasteiger partial charge in [-0.2, -0.15) is 0 Å². The smallest absolute Gasteiger partial charge is 0.0639 e. The standard InChI is InChI=1S/C8H17NO/c1-3-9(6-7(2)10)8-4-5-8/h7-8,10H,3-6H2,1-2H3/t7-/m0/s1. The van der Waals surface area contributed by atoms with Crippen molar-refractivity contribution in [3.05, 3.63) is 0 Å². The van der Waals surface area contributed by atoms with Crippen LogP contribution in [-0.4, -0.2) is 35.2 Å². The van der Waals surface area contributed by atoms with Crippen LogP contribution in [0, 0.1) is 0 Å². The molecule has 0 spiro atoms. The Bertz CT molecular complexity index is 99.4. The van der Waals surface area contributed by atoms with E-state index in [0.29, 0.717) is 0 Å². The number of rotatable bonds is 4. The molecule has 0 aromatic rings. The van der Waals surface area contributed by atoms with E-state index in [1.54, 1.807) is 0 Å². The number of aliphatic hydroxyl groups is 1. The molecule has 1 rings (SSSR count). The summed E-state index contributed by atoms with van der Waals surface area (Å²) in [5, 5.41) is 9.09. The van der Waals surface area contributed by atoms with Crippen molar-refractivity contribution in [2.75, 3.05) is 13.1 Å².